The Morgan fingerprint density at radius 1 is 1.11 bits per heavy atom. The number of oxazole rings is 1. The number of nitrogens with one attached hydrogen (secondary N) is 1. The highest BCUT2D eigenvalue weighted by Crippen LogP contribution is 2.26. The van der Waals surface area contributed by atoms with Gasteiger partial charge in [-0.15, -0.1) is 0 Å². The summed E-state index contributed by atoms with van der Waals surface area (Å²) in [5, 5.41) is 3.29. The molecule has 0 spiro atoms. The van der Waals surface area contributed by atoms with Gasteiger partial charge in [-0.3, -0.25) is 4.90 Å². The summed E-state index contributed by atoms with van der Waals surface area (Å²) in [4.78, 5) is 7.14. The minimum absolute atomic E-state index is 0.484. The molecule has 2 heterocycles. The minimum Gasteiger partial charge on any atom is -0.423 e. The molecule has 4 heteroatoms. The quantitative estimate of drug-likeness (QED) is 0.610. The SMILES string of the molecule is CC1CCN(Cc2ccc(Nc3nc4cc(C(C)C)ccc4o3)cc2)CC1. The van der Waals surface area contributed by atoms with Gasteiger partial charge < -0.3 is 9.73 Å². The number of hydrogen-bond acceptors (Lipinski definition) is 4. The third-order valence-electron chi connectivity index (χ3n) is 5.57. The van der Waals surface area contributed by atoms with Crippen molar-refractivity contribution in [3.63, 3.8) is 0 Å². The molecule has 2 aromatic carbocycles. The first-order valence-electron chi connectivity index (χ1n) is 10.1. The molecule has 142 valence electrons. The van der Waals surface area contributed by atoms with E-state index in [0.29, 0.717) is 11.9 Å². The van der Waals surface area contributed by atoms with Crippen LogP contribution in [0.5, 0.6) is 0 Å². The van der Waals surface area contributed by atoms with Crippen LogP contribution in [0.15, 0.2) is 46.9 Å². The average Bonchev–Trinajstić information content (AvgIpc) is 3.06. The first kappa shape index (κ1) is 18.1. The zero-order valence-corrected chi connectivity index (χ0v) is 16.5. The van der Waals surface area contributed by atoms with Gasteiger partial charge in [0.25, 0.3) is 6.01 Å². The molecule has 1 N–H and O–H groups in total. The second-order valence-corrected chi connectivity index (χ2v) is 8.18. The van der Waals surface area contributed by atoms with Crippen molar-refractivity contribution in [1.29, 1.82) is 0 Å². The summed E-state index contributed by atoms with van der Waals surface area (Å²) >= 11 is 0. The Bertz CT molecular complexity index is 890. The number of likely N-dealkylation sites (tertiary alicyclic amines) is 1. The topological polar surface area (TPSA) is 41.3 Å². The van der Waals surface area contributed by atoms with Gasteiger partial charge in [-0.05, 0) is 73.2 Å². The molecule has 1 aliphatic heterocycles. The monoisotopic (exact) mass is 363 g/mol. The molecule has 0 unspecified atom stereocenters. The van der Waals surface area contributed by atoms with E-state index in [4.69, 9.17) is 4.42 Å². The number of piperidine rings is 1. The van der Waals surface area contributed by atoms with Crippen LogP contribution in [0.4, 0.5) is 11.7 Å². The van der Waals surface area contributed by atoms with Gasteiger partial charge >= 0.3 is 0 Å². The van der Waals surface area contributed by atoms with E-state index in [1.807, 2.05) is 6.07 Å². The summed E-state index contributed by atoms with van der Waals surface area (Å²) in [6, 6.07) is 15.4. The molecule has 1 aromatic heterocycles. The van der Waals surface area contributed by atoms with Gasteiger partial charge in [0, 0.05) is 12.2 Å². The molecule has 3 aromatic rings. The highest BCUT2D eigenvalue weighted by atomic mass is 16.4. The Morgan fingerprint density at radius 2 is 1.85 bits per heavy atom. The Morgan fingerprint density at radius 3 is 2.56 bits per heavy atom. The molecule has 1 saturated heterocycles. The third kappa shape index (κ3) is 4.33. The van der Waals surface area contributed by atoms with Crippen LogP contribution in [0, 0.1) is 5.92 Å². The number of anilines is 2. The fourth-order valence-electron chi connectivity index (χ4n) is 3.65. The Balaban J connectivity index is 1.41. The van der Waals surface area contributed by atoms with Gasteiger partial charge in [0.2, 0.25) is 0 Å². The summed E-state index contributed by atoms with van der Waals surface area (Å²) < 4.78 is 5.84. The summed E-state index contributed by atoms with van der Waals surface area (Å²) in [6.45, 7) is 10.2. The van der Waals surface area contributed by atoms with E-state index < -0.39 is 0 Å². The third-order valence-corrected chi connectivity index (χ3v) is 5.57. The minimum atomic E-state index is 0.484. The predicted octanol–water partition coefficient (Wildman–Crippen LogP) is 5.93. The first-order chi connectivity index (χ1) is 13.1. The maximum Gasteiger partial charge on any atom is 0.300 e. The van der Waals surface area contributed by atoms with Gasteiger partial charge in [-0.25, -0.2) is 0 Å². The van der Waals surface area contributed by atoms with Crippen LogP contribution >= 0.6 is 0 Å². The lowest BCUT2D eigenvalue weighted by Gasteiger charge is -2.30. The molecule has 0 amide bonds. The summed E-state index contributed by atoms with van der Waals surface area (Å²) in [7, 11) is 0. The van der Waals surface area contributed by atoms with Crippen LogP contribution in [0.3, 0.4) is 0 Å². The highest BCUT2D eigenvalue weighted by Gasteiger charge is 2.15. The smallest absolute Gasteiger partial charge is 0.300 e. The largest absolute Gasteiger partial charge is 0.423 e. The number of fused-ring (bicyclic) bond motifs is 1. The maximum absolute atomic E-state index is 5.84. The van der Waals surface area contributed by atoms with E-state index in [1.165, 1.54) is 37.1 Å². The molecule has 0 bridgehead atoms. The molecular weight excluding hydrogens is 334 g/mol. The predicted molar refractivity (Wildman–Crippen MR) is 111 cm³/mol. The molecule has 0 radical (unpaired) electrons. The van der Waals surface area contributed by atoms with Crippen molar-refractivity contribution in [3.8, 4) is 0 Å². The van der Waals surface area contributed by atoms with E-state index in [-0.39, 0.29) is 0 Å². The molecule has 0 saturated carbocycles. The van der Waals surface area contributed by atoms with Crippen LogP contribution in [0.25, 0.3) is 11.1 Å². The van der Waals surface area contributed by atoms with E-state index in [9.17, 15) is 0 Å². The van der Waals surface area contributed by atoms with E-state index in [2.05, 4.69) is 72.4 Å². The van der Waals surface area contributed by atoms with Crippen molar-refractivity contribution in [3.05, 3.63) is 53.6 Å². The maximum atomic E-state index is 5.84. The van der Waals surface area contributed by atoms with E-state index in [1.54, 1.807) is 0 Å². The van der Waals surface area contributed by atoms with E-state index in [0.717, 1.165) is 29.2 Å². The number of nitrogens with zero attached hydrogens (tertiary/aromatic N) is 2. The Kier molecular flexibility index (Phi) is 5.17. The van der Waals surface area contributed by atoms with Crippen LogP contribution in [-0.4, -0.2) is 23.0 Å². The zero-order chi connectivity index (χ0) is 18.8. The lowest BCUT2D eigenvalue weighted by Crippen LogP contribution is -2.32. The second kappa shape index (κ2) is 7.73. The molecule has 0 atom stereocenters. The molecule has 0 aliphatic carbocycles. The fourth-order valence-corrected chi connectivity index (χ4v) is 3.65. The van der Waals surface area contributed by atoms with Crippen molar-refractivity contribution in [2.75, 3.05) is 18.4 Å². The van der Waals surface area contributed by atoms with Crippen molar-refractivity contribution >= 4 is 22.8 Å². The van der Waals surface area contributed by atoms with Gasteiger partial charge in [-0.2, -0.15) is 4.98 Å². The summed E-state index contributed by atoms with van der Waals surface area (Å²) in [6.07, 6.45) is 2.63. The molecular formula is C23H29N3O. The highest BCUT2D eigenvalue weighted by molar-refractivity contribution is 5.76. The van der Waals surface area contributed by atoms with Crippen molar-refractivity contribution in [2.45, 2.75) is 46.1 Å². The molecule has 1 aliphatic rings. The molecule has 1 fully saturated rings. The fraction of sp³-hybridized carbons (Fsp3) is 0.435. The lowest BCUT2D eigenvalue weighted by atomic mass is 9.99. The second-order valence-electron chi connectivity index (χ2n) is 8.18. The lowest BCUT2D eigenvalue weighted by molar-refractivity contribution is 0.185. The Labute approximate surface area is 161 Å². The molecule has 27 heavy (non-hydrogen) atoms. The van der Waals surface area contributed by atoms with Crippen LogP contribution in [0.1, 0.15) is 50.7 Å². The molecule has 4 nitrogen and oxygen atoms in total. The van der Waals surface area contributed by atoms with Crippen LogP contribution < -0.4 is 5.32 Å². The standard InChI is InChI=1S/C23H29N3O/c1-16(2)19-6-9-22-21(14-19)25-23(27-22)24-20-7-4-18(5-8-20)15-26-12-10-17(3)11-13-26/h4-9,14,16-17H,10-13,15H2,1-3H3,(H,24,25). The van der Waals surface area contributed by atoms with Crippen molar-refractivity contribution in [2.24, 2.45) is 5.92 Å². The average molecular weight is 364 g/mol. The van der Waals surface area contributed by atoms with Gasteiger partial charge in [0.1, 0.15) is 5.52 Å². The van der Waals surface area contributed by atoms with Crippen LogP contribution in [-0.2, 0) is 6.54 Å². The van der Waals surface area contributed by atoms with Gasteiger partial charge in [-0.1, -0.05) is 39.0 Å². The van der Waals surface area contributed by atoms with Gasteiger partial charge in [0.15, 0.2) is 5.58 Å². The van der Waals surface area contributed by atoms with Gasteiger partial charge in [0.05, 0.1) is 0 Å². The van der Waals surface area contributed by atoms with E-state index >= 15 is 0 Å². The number of benzene rings is 2. The number of hydrogen-bond donors (Lipinski definition) is 1. The first-order valence-corrected chi connectivity index (χ1v) is 10.1. The van der Waals surface area contributed by atoms with Crippen molar-refractivity contribution in [1.82, 2.24) is 9.88 Å². The zero-order valence-electron chi connectivity index (χ0n) is 16.5. The summed E-state index contributed by atoms with van der Waals surface area (Å²) in [5.74, 6) is 1.36. The number of aromatic nitrogens is 1. The van der Waals surface area contributed by atoms with Crippen molar-refractivity contribution < 1.29 is 4.42 Å². The normalized spacial score (nSPS) is 16.3. The van der Waals surface area contributed by atoms with Crippen LogP contribution in [0.2, 0.25) is 0 Å². The molecule has 4 rings (SSSR count). The number of rotatable bonds is 5. The Hall–Kier alpha value is -2.33. The summed E-state index contributed by atoms with van der Waals surface area (Å²) in [5.41, 5.74) is 5.35.